The van der Waals surface area contributed by atoms with Gasteiger partial charge in [-0.05, 0) is 31.4 Å². The maximum absolute atomic E-state index is 12.2. The van der Waals surface area contributed by atoms with Crippen LogP contribution in [0.25, 0.3) is 0 Å². The van der Waals surface area contributed by atoms with Crippen LogP contribution in [0.2, 0.25) is 5.15 Å². The van der Waals surface area contributed by atoms with E-state index in [1.807, 2.05) is 0 Å². The Morgan fingerprint density at radius 1 is 1.33 bits per heavy atom. The summed E-state index contributed by atoms with van der Waals surface area (Å²) in [5, 5.41) is 12.5. The standard InChI is InChI=1S/C19H26ClN5OS/c1-2-25-16(11-10-14-7-4-3-5-8-14)23-24-19(25)27-13-17(26)22-15-9-6-12-21-18(15)20/h6,9,12,14H,2-5,7-8,10-11,13H2,1H3,(H,22,26). The molecule has 0 saturated heterocycles. The third kappa shape index (κ3) is 5.69. The summed E-state index contributed by atoms with van der Waals surface area (Å²) in [6, 6.07) is 3.47. The highest BCUT2D eigenvalue weighted by molar-refractivity contribution is 7.99. The van der Waals surface area contributed by atoms with Crippen LogP contribution in [0.1, 0.15) is 51.3 Å². The van der Waals surface area contributed by atoms with Crippen molar-refractivity contribution in [2.24, 2.45) is 5.92 Å². The Hall–Kier alpha value is -1.60. The van der Waals surface area contributed by atoms with Crippen molar-refractivity contribution in [3.8, 4) is 0 Å². The molecule has 1 fully saturated rings. The van der Waals surface area contributed by atoms with E-state index < -0.39 is 0 Å². The number of pyridine rings is 1. The Kier molecular flexibility index (Phi) is 7.52. The number of hydrogen-bond donors (Lipinski definition) is 1. The number of thioether (sulfide) groups is 1. The predicted molar refractivity (Wildman–Crippen MR) is 109 cm³/mol. The Bertz CT molecular complexity index is 760. The molecule has 2 aromatic heterocycles. The molecule has 1 aliphatic rings. The Labute approximate surface area is 169 Å². The highest BCUT2D eigenvalue weighted by atomic mass is 35.5. The van der Waals surface area contributed by atoms with E-state index in [9.17, 15) is 4.79 Å². The summed E-state index contributed by atoms with van der Waals surface area (Å²) < 4.78 is 2.12. The van der Waals surface area contributed by atoms with Crippen molar-refractivity contribution < 1.29 is 4.79 Å². The number of nitrogens with zero attached hydrogens (tertiary/aromatic N) is 4. The van der Waals surface area contributed by atoms with Gasteiger partial charge in [-0.15, -0.1) is 10.2 Å². The minimum absolute atomic E-state index is 0.135. The highest BCUT2D eigenvalue weighted by Gasteiger charge is 2.17. The Morgan fingerprint density at radius 3 is 2.89 bits per heavy atom. The van der Waals surface area contributed by atoms with Crippen LogP contribution in [0, 0.1) is 5.92 Å². The minimum Gasteiger partial charge on any atom is -0.323 e. The summed E-state index contributed by atoms with van der Waals surface area (Å²) in [5.74, 6) is 1.98. The molecule has 1 N–H and O–H groups in total. The Balaban J connectivity index is 1.53. The molecule has 3 rings (SSSR count). The minimum atomic E-state index is -0.135. The summed E-state index contributed by atoms with van der Waals surface area (Å²) in [5.41, 5.74) is 0.523. The van der Waals surface area contributed by atoms with E-state index in [4.69, 9.17) is 11.6 Å². The zero-order valence-corrected chi connectivity index (χ0v) is 17.2. The summed E-state index contributed by atoms with van der Waals surface area (Å²) in [7, 11) is 0. The molecule has 2 aromatic rings. The first-order valence-electron chi connectivity index (χ1n) is 9.62. The van der Waals surface area contributed by atoms with Gasteiger partial charge in [-0.3, -0.25) is 4.79 Å². The third-order valence-corrected chi connectivity index (χ3v) is 6.24. The zero-order valence-electron chi connectivity index (χ0n) is 15.7. The van der Waals surface area contributed by atoms with Crippen LogP contribution in [-0.4, -0.2) is 31.4 Å². The second-order valence-electron chi connectivity index (χ2n) is 6.86. The van der Waals surface area contributed by atoms with Gasteiger partial charge in [-0.2, -0.15) is 0 Å². The van der Waals surface area contributed by atoms with Gasteiger partial charge in [-0.1, -0.05) is 55.5 Å². The van der Waals surface area contributed by atoms with Gasteiger partial charge >= 0.3 is 0 Å². The molecule has 0 spiro atoms. The monoisotopic (exact) mass is 407 g/mol. The van der Waals surface area contributed by atoms with E-state index in [1.165, 1.54) is 50.3 Å². The molecule has 0 bridgehead atoms. The van der Waals surface area contributed by atoms with Crippen molar-refractivity contribution in [1.82, 2.24) is 19.7 Å². The third-order valence-electron chi connectivity index (χ3n) is 4.98. The first kappa shape index (κ1) is 20.1. The van der Waals surface area contributed by atoms with Gasteiger partial charge in [0.05, 0.1) is 11.4 Å². The molecule has 0 unspecified atom stereocenters. The zero-order chi connectivity index (χ0) is 19.1. The molecule has 146 valence electrons. The molecule has 1 saturated carbocycles. The average molecular weight is 408 g/mol. The Morgan fingerprint density at radius 2 is 2.15 bits per heavy atom. The number of hydrogen-bond acceptors (Lipinski definition) is 5. The molecule has 0 atom stereocenters. The van der Waals surface area contributed by atoms with E-state index in [2.05, 4.69) is 32.0 Å². The number of carbonyl (C=O) groups is 1. The average Bonchev–Trinajstić information content (AvgIpc) is 3.09. The van der Waals surface area contributed by atoms with Crippen molar-refractivity contribution in [3.05, 3.63) is 29.3 Å². The topological polar surface area (TPSA) is 72.7 Å². The van der Waals surface area contributed by atoms with Crippen molar-refractivity contribution in [3.63, 3.8) is 0 Å². The first-order chi connectivity index (χ1) is 13.2. The fraction of sp³-hybridized carbons (Fsp3) is 0.579. The van der Waals surface area contributed by atoms with Crippen molar-refractivity contribution in [1.29, 1.82) is 0 Å². The normalized spacial score (nSPS) is 15.0. The lowest BCUT2D eigenvalue weighted by atomic mass is 9.86. The van der Waals surface area contributed by atoms with Crippen LogP contribution in [0.3, 0.4) is 0 Å². The van der Waals surface area contributed by atoms with E-state index >= 15 is 0 Å². The molecule has 27 heavy (non-hydrogen) atoms. The lowest BCUT2D eigenvalue weighted by Crippen LogP contribution is -2.15. The van der Waals surface area contributed by atoms with E-state index in [1.54, 1.807) is 18.3 Å². The highest BCUT2D eigenvalue weighted by Crippen LogP contribution is 2.28. The molecule has 1 aliphatic carbocycles. The molecule has 8 heteroatoms. The van der Waals surface area contributed by atoms with Gasteiger partial charge < -0.3 is 9.88 Å². The molecule has 0 aromatic carbocycles. The molecular formula is C19H26ClN5OS. The maximum atomic E-state index is 12.2. The quantitative estimate of drug-likeness (QED) is 0.511. The summed E-state index contributed by atoms with van der Waals surface area (Å²) in [6.07, 6.45) is 10.5. The maximum Gasteiger partial charge on any atom is 0.234 e. The number of amides is 1. The first-order valence-corrected chi connectivity index (χ1v) is 11.0. The number of carbonyl (C=O) groups excluding carboxylic acids is 1. The summed E-state index contributed by atoms with van der Waals surface area (Å²) in [4.78, 5) is 16.2. The molecule has 0 aliphatic heterocycles. The van der Waals surface area contributed by atoms with E-state index in [0.29, 0.717) is 5.69 Å². The number of aryl methyl sites for hydroxylation is 1. The van der Waals surface area contributed by atoms with Crippen LogP contribution in [0.15, 0.2) is 23.5 Å². The van der Waals surface area contributed by atoms with Gasteiger partial charge in [-0.25, -0.2) is 4.98 Å². The van der Waals surface area contributed by atoms with E-state index in [-0.39, 0.29) is 16.8 Å². The van der Waals surface area contributed by atoms with Gasteiger partial charge in [0.2, 0.25) is 5.91 Å². The van der Waals surface area contributed by atoms with Gasteiger partial charge in [0.1, 0.15) is 5.82 Å². The van der Waals surface area contributed by atoms with E-state index in [0.717, 1.165) is 29.9 Å². The number of rotatable bonds is 8. The van der Waals surface area contributed by atoms with Gasteiger partial charge in [0.25, 0.3) is 0 Å². The second kappa shape index (κ2) is 10.1. The largest absolute Gasteiger partial charge is 0.323 e. The summed E-state index contributed by atoms with van der Waals surface area (Å²) >= 11 is 7.38. The molecule has 0 radical (unpaired) electrons. The van der Waals surface area contributed by atoms with Crippen LogP contribution in [-0.2, 0) is 17.8 Å². The lowest BCUT2D eigenvalue weighted by Gasteiger charge is -2.21. The van der Waals surface area contributed by atoms with Crippen molar-refractivity contribution >= 4 is 35.0 Å². The molecule has 2 heterocycles. The smallest absolute Gasteiger partial charge is 0.234 e. The SMILES string of the molecule is CCn1c(CCC2CCCCC2)nnc1SCC(=O)Nc1cccnc1Cl. The predicted octanol–water partition coefficient (Wildman–Crippen LogP) is 4.59. The van der Waals surface area contributed by atoms with Gasteiger partial charge in [0, 0.05) is 19.2 Å². The number of nitrogens with one attached hydrogen (secondary N) is 1. The fourth-order valence-electron chi connectivity index (χ4n) is 3.53. The fourth-order valence-corrected chi connectivity index (χ4v) is 4.52. The lowest BCUT2D eigenvalue weighted by molar-refractivity contribution is -0.113. The van der Waals surface area contributed by atoms with Crippen LogP contribution in [0.4, 0.5) is 5.69 Å². The van der Waals surface area contributed by atoms with Crippen LogP contribution >= 0.6 is 23.4 Å². The van der Waals surface area contributed by atoms with Crippen LogP contribution in [0.5, 0.6) is 0 Å². The number of anilines is 1. The van der Waals surface area contributed by atoms with Crippen molar-refractivity contribution in [2.45, 2.75) is 63.6 Å². The van der Waals surface area contributed by atoms with Crippen molar-refractivity contribution in [2.75, 3.05) is 11.1 Å². The molecule has 6 nitrogen and oxygen atoms in total. The van der Waals surface area contributed by atoms with Gasteiger partial charge in [0.15, 0.2) is 10.3 Å². The second-order valence-corrected chi connectivity index (χ2v) is 8.16. The molecule has 1 amide bonds. The number of aromatic nitrogens is 4. The summed E-state index contributed by atoms with van der Waals surface area (Å²) in [6.45, 7) is 2.90. The molecular weight excluding hydrogens is 382 g/mol. The van der Waals surface area contributed by atoms with Crippen LogP contribution < -0.4 is 5.32 Å². The number of halogens is 1.